The van der Waals surface area contributed by atoms with Crippen LogP contribution in [-0.4, -0.2) is 29.3 Å². The number of ether oxygens (including phenoxy) is 1. The normalized spacial score (nSPS) is 10.0. The highest BCUT2D eigenvalue weighted by Gasteiger charge is 2.20. The molecular formula is C15H12N2O6S. The smallest absolute Gasteiger partial charge is 0.339 e. The number of nitro benzene ring substituents is 1. The van der Waals surface area contributed by atoms with Crippen molar-refractivity contribution in [1.29, 1.82) is 0 Å². The van der Waals surface area contributed by atoms with Crippen LogP contribution < -0.4 is 5.32 Å². The van der Waals surface area contributed by atoms with E-state index in [0.717, 1.165) is 11.3 Å². The number of nitrogens with one attached hydrogen (secondary N) is 1. The first kappa shape index (κ1) is 17.3. The fourth-order valence-electron chi connectivity index (χ4n) is 1.88. The molecule has 9 heteroatoms. The highest BCUT2D eigenvalue weighted by Crippen LogP contribution is 2.21. The number of amides is 2. The van der Waals surface area contributed by atoms with Crippen LogP contribution in [0, 0.1) is 17.0 Å². The molecule has 24 heavy (non-hydrogen) atoms. The first-order valence-corrected chi connectivity index (χ1v) is 7.57. The summed E-state index contributed by atoms with van der Waals surface area (Å²) in [7, 11) is 0. The summed E-state index contributed by atoms with van der Waals surface area (Å²) in [6.07, 6.45) is 0. The Balaban J connectivity index is 1.96. The summed E-state index contributed by atoms with van der Waals surface area (Å²) in [5.74, 6) is -2.25. The van der Waals surface area contributed by atoms with Gasteiger partial charge in [0, 0.05) is 11.6 Å². The average Bonchev–Trinajstić information content (AvgIpc) is 3.07. The first-order chi connectivity index (χ1) is 11.4. The molecule has 8 nitrogen and oxygen atoms in total. The molecule has 0 bridgehead atoms. The van der Waals surface area contributed by atoms with Gasteiger partial charge in [0.1, 0.15) is 0 Å². The average molecular weight is 348 g/mol. The predicted molar refractivity (Wildman–Crippen MR) is 84.9 cm³/mol. The number of carbonyl (C=O) groups is 3. The van der Waals surface area contributed by atoms with E-state index in [1.54, 1.807) is 17.5 Å². The Kier molecular flexibility index (Phi) is 5.38. The summed E-state index contributed by atoms with van der Waals surface area (Å²) < 4.78 is 4.80. The number of hydrogen-bond acceptors (Lipinski definition) is 7. The van der Waals surface area contributed by atoms with Gasteiger partial charge in [-0.1, -0.05) is 12.1 Å². The first-order valence-electron chi connectivity index (χ1n) is 6.69. The summed E-state index contributed by atoms with van der Waals surface area (Å²) in [4.78, 5) is 45.8. The number of esters is 1. The van der Waals surface area contributed by atoms with Crippen molar-refractivity contribution in [1.82, 2.24) is 5.32 Å². The number of hydrogen-bond donors (Lipinski definition) is 1. The van der Waals surface area contributed by atoms with E-state index in [1.165, 1.54) is 25.1 Å². The van der Waals surface area contributed by atoms with Crippen LogP contribution in [0.3, 0.4) is 0 Å². The van der Waals surface area contributed by atoms with Crippen molar-refractivity contribution in [3.8, 4) is 0 Å². The molecule has 0 saturated carbocycles. The third-order valence-electron chi connectivity index (χ3n) is 3.05. The lowest BCUT2D eigenvalue weighted by molar-refractivity contribution is -0.385. The minimum atomic E-state index is -0.880. The highest BCUT2D eigenvalue weighted by molar-refractivity contribution is 7.12. The van der Waals surface area contributed by atoms with Crippen LogP contribution in [0.2, 0.25) is 0 Å². The molecule has 0 spiro atoms. The van der Waals surface area contributed by atoms with Crippen molar-refractivity contribution in [2.24, 2.45) is 0 Å². The number of thiophene rings is 1. The molecule has 2 rings (SSSR count). The molecule has 2 aromatic rings. The van der Waals surface area contributed by atoms with E-state index in [0.29, 0.717) is 4.88 Å². The van der Waals surface area contributed by atoms with Crippen LogP contribution in [0.1, 0.15) is 25.6 Å². The van der Waals surface area contributed by atoms with E-state index in [4.69, 9.17) is 4.74 Å². The quantitative estimate of drug-likeness (QED) is 0.502. The van der Waals surface area contributed by atoms with Gasteiger partial charge in [-0.2, -0.15) is 0 Å². The molecule has 0 unspecified atom stereocenters. The molecule has 124 valence electrons. The van der Waals surface area contributed by atoms with Gasteiger partial charge in [-0.25, -0.2) is 4.79 Å². The van der Waals surface area contributed by atoms with Gasteiger partial charge in [0.25, 0.3) is 17.5 Å². The van der Waals surface area contributed by atoms with E-state index in [2.05, 4.69) is 5.32 Å². The van der Waals surface area contributed by atoms with Crippen LogP contribution in [0.25, 0.3) is 0 Å². The SMILES string of the molecule is Cc1c(C(=O)OCC(=O)NC(=O)c2cccs2)cccc1[N+](=O)[O-]. The molecule has 1 aromatic heterocycles. The van der Waals surface area contributed by atoms with E-state index in [-0.39, 0.29) is 16.8 Å². The van der Waals surface area contributed by atoms with E-state index >= 15 is 0 Å². The van der Waals surface area contributed by atoms with E-state index in [1.807, 2.05) is 0 Å². The van der Waals surface area contributed by atoms with Gasteiger partial charge in [0.15, 0.2) is 6.61 Å². The Morgan fingerprint density at radius 1 is 1.25 bits per heavy atom. The Hall–Kier alpha value is -3.07. The number of nitro groups is 1. The largest absolute Gasteiger partial charge is 0.452 e. The molecule has 1 N–H and O–H groups in total. The Bertz CT molecular complexity index is 800. The summed E-state index contributed by atoms with van der Waals surface area (Å²) >= 11 is 1.16. The number of nitrogens with zero attached hydrogens (tertiary/aromatic N) is 1. The standard InChI is InChI=1S/C15H12N2O6S/c1-9-10(4-2-5-11(9)17(21)22)15(20)23-8-13(18)16-14(19)12-6-3-7-24-12/h2-7H,8H2,1H3,(H,16,18,19). The number of imide groups is 1. The fraction of sp³-hybridized carbons (Fsp3) is 0.133. The van der Waals surface area contributed by atoms with Crippen LogP contribution in [0.4, 0.5) is 5.69 Å². The number of rotatable bonds is 5. The molecule has 0 aliphatic rings. The van der Waals surface area contributed by atoms with Crippen LogP contribution >= 0.6 is 11.3 Å². The Morgan fingerprint density at radius 3 is 2.62 bits per heavy atom. The molecule has 0 aliphatic heterocycles. The molecule has 2 amide bonds. The lowest BCUT2D eigenvalue weighted by atomic mass is 10.1. The van der Waals surface area contributed by atoms with Crippen molar-refractivity contribution >= 4 is 34.8 Å². The van der Waals surface area contributed by atoms with Crippen molar-refractivity contribution in [3.05, 3.63) is 61.8 Å². The van der Waals surface area contributed by atoms with Gasteiger partial charge >= 0.3 is 5.97 Å². The molecule has 0 aliphatic carbocycles. The van der Waals surface area contributed by atoms with Crippen molar-refractivity contribution in [2.45, 2.75) is 6.92 Å². The zero-order valence-corrected chi connectivity index (χ0v) is 13.3. The molecule has 1 aromatic carbocycles. The zero-order chi connectivity index (χ0) is 17.7. The summed E-state index contributed by atoms with van der Waals surface area (Å²) in [5.41, 5.74) is -0.0917. The summed E-state index contributed by atoms with van der Waals surface area (Å²) in [6, 6.07) is 7.18. The third-order valence-corrected chi connectivity index (χ3v) is 3.92. The van der Waals surface area contributed by atoms with Gasteiger partial charge in [-0.05, 0) is 24.4 Å². The maximum atomic E-state index is 12.0. The number of benzene rings is 1. The Morgan fingerprint density at radius 2 is 2.00 bits per heavy atom. The second-order valence-corrected chi connectivity index (χ2v) is 5.59. The maximum Gasteiger partial charge on any atom is 0.339 e. The molecule has 0 saturated heterocycles. The van der Waals surface area contributed by atoms with Gasteiger partial charge in [-0.3, -0.25) is 25.0 Å². The Labute approximate surface area is 140 Å². The lowest BCUT2D eigenvalue weighted by Crippen LogP contribution is -2.33. The molecule has 0 fully saturated rings. The molecule has 0 radical (unpaired) electrons. The van der Waals surface area contributed by atoms with Crippen molar-refractivity contribution in [2.75, 3.05) is 6.61 Å². The van der Waals surface area contributed by atoms with E-state index in [9.17, 15) is 24.5 Å². The predicted octanol–water partition coefficient (Wildman–Crippen LogP) is 2.08. The zero-order valence-electron chi connectivity index (χ0n) is 12.5. The molecule has 0 atom stereocenters. The third kappa shape index (κ3) is 4.02. The van der Waals surface area contributed by atoms with Gasteiger partial charge < -0.3 is 4.74 Å². The molecule has 1 heterocycles. The second-order valence-electron chi connectivity index (χ2n) is 4.64. The van der Waals surface area contributed by atoms with Gasteiger partial charge in [0.2, 0.25) is 0 Å². The number of carbonyl (C=O) groups excluding carboxylic acids is 3. The lowest BCUT2D eigenvalue weighted by Gasteiger charge is -2.07. The minimum Gasteiger partial charge on any atom is -0.452 e. The van der Waals surface area contributed by atoms with Crippen LogP contribution in [-0.2, 0) is 9.53 Å². The van der Waals surface area contributed by atoms with E-state index < -0.39 is 29.3 Å². The maximum absolute atomic E-state index is 12.0. The fourth-order valence-corrected chi connectivity index (χ4v) is 2.50. The van der Waals surface area contributed by atoms with Crippen molar-refractivity contribution < 1.29 is 24.0 Å². The van der Waals surface area contributed by atoms with Crippen molar-refractivity contribution in [3.63, 3.8) is 0 Å². The minimum absolute atomic E-state index is 0.0124. The van der Waals surface area contributed by atoms with Crippen LogP contribution in [0.15, 0.2) is 35.7 Å². The summed E-state index contributed by atoms with van der Waals surface area (Å²) in [6.45, 7) is 0.743. The second kappa shape index (κ2) is 7.47. The molecular weight excluding hydrogens is 336 g/mol. The van der Waals surface area contributed by atoms with Gasteiger partial charge in [0.05, 0.1) is 15.4 Å². The van der Waals surface area contributed by atoms with Gasteiger partial charge in [-0.15, -0.1) is 11.3 Å². The topological polar surface area (TPSA) is 116 Å². The highest BCUT2D eigenvalue weighted by atomic mass is 32.1. The monoisotopic (exact) mass is 348 g/mol. The summed E-state index contributed by atoms with van der Waals surface area (Å²) in [5, 5.41) is 14.6. The van der Waals surface area contributed by atoms with Crippen LogP contribution in [0.5, 0.6) is 0 Å².